The molecule has 1 saturated carbocycles. The summed E-state index contributed by atoms with van der Waals surface area (Å²) in [4.78, 5) is 12.6. The Morgan fingerprint density at radius 1 is 0.737 bits per heavy atom. The van der Waals surface area contributed by atoms with Crippen LogP contribution < -0.4 is 14.2 Å². The highest BCUT2D eigenvalue weighted by Gasteiger charge is 2.18. The molecule has 0 N–H and O–H groups in total. The number of carbonyl (C=O) groups is 1. The third kappa shape index (κ3) is 13.6. The number of hydrogen-bond donors (Lipinski definition) is 0. The third-order valence-electron chi connectivity index (χ3n) is 7.06. The quantitative estimate of drug-likeness (QED) is 0.0900. The van der Waals surface area contributed by atoms with Crippen molar-refractivity contribution in [1.82, 2.24) is 0 Å². The van der Waals surface area contributed by atoms with Gasteiger partial charge in [0.15, 0.2) is 11.5 Å². The molecule has 5 nitrogen and oxygen atoms in total. The van der Waals surface area contributed by atoms with Crippen LogP contribution in [0.1, 0.15) is 135 Å². The van der Waals surface area contributed by atoms with Crippen LogP contribution >= 0.6 is 0 Å². The average molecular weight is 531 g/mol. The number of benzene rings is 1. The average Bonchev–Trinajstić information content (AvgIpc) is 2.93. The van der Waals surface area contributed by atoms with Crippen LogP contribution in [0.3, 0.4) is 0 Å². The standard InChI is InChI=1S/C33H54O5/c1-4-7-10-16-23-35-30-26-28(21-22-32(34)38-29-19-14-13-15-20-29)33(37-25-18-12-9-6-3)31(27-30)36-24-17-11-8-5-2/h21-22,26-27,29H,4-20,23-25H2,1-3H3. The van der Waals surface area contributed by atoms with E-state index in [1.807, 2.05) is 12.1 Å². The smallest absolute Gasteiger partial charge is 0.331 e. The zero-order valence-corrected chi connectivity index (χ0v) is 24.6. The molecule has 1 fully saturated rings. The van der Waals surface area contributed by atoms with Gasteiger partial charge in [0.25, 0.3) is 0 Å². The van der Waals surface area contributed by atoms with E-state index in [1.54, 1.807) is 6.08 Å². The van der Waals surface area contributed by atoms with E-state index in [0.717, 1.165) is 75.5 Å². The number of unbranched alkanes of at least 4 members (excludes halogenated alkanes) is 9. The van der Waals surface area contributed by atoms with Crippen LogP contribution in [-0.2, 0) is 9.53 Å². The summed E-state index contributed by atoms with van der Waals surface area (Å²) in [5.41, 5.74) is 0.802. The zero-order valence-electron chi connectivity index (χ0n) is 24.6. The van der Waals surface area contributed by atoms with Crippen LogP contribution in [0.25, 0.3) is 6.08 Å². The minimum atomic E-state index is -0.293. The SMILES string of the molecule is CCCCCCOc1cc(C=CC(=O)OC2CCCCC2)c(OCCCCCC)c(OCCCCCC)c1. The van der Waals surface area contributed by atoms with E-state index in [2.05, 4.69) is 20.8 Å². The molecule has 0 atom stereocenters. The Labute approximate surface area is 232 Å². The van der Waals surface area contributed by atoms with Crippen LogP contribution in [0, 0.1) is 0 Å². The van der Waals surface area contributed by atoms with Gasteiger partial charge in [0.2, 0.25) is 0 Å². The summed E-state index contributed by atoms with van der Waals surface area (Å²) >= 11 is 0. The van der Waals surface area contributed by atoms with Gasteiger partial charge in [0.05, 0.1) is 19.8 Å². The molecule has 5 heteroatoms. The molecule has 1 aliphatic rings. The van der Waals surface area contributed by atoms with Crippen molar-refractivity contribution in [2.75, 3.05) is 19.8 Å². The molecular formula is C33H54O5. The lowest BCUT2D eigenvalue weighted by molar-refractivity contribution is -0.144. The lowest BCUT2D eigenvalue weighted by Crippen LogP contribution is -2.19. The first kappa shape index (κ1) is 32.0. The Morgan fingerprint density at radius 3 is 1.92 bits per heavy atom. The van der Waals surface area contributed by atoms with Crippen LogP contribution in [0.15, 0.2) is 18.2 Å². The fraction of sp³-hybridized carbons (Fsp3) is 0.727. The molecule has 1 aliphatic carbocycles. The van der Waals surface area contributed by atoms with Crippen molar-refractivity contribution in [3.05, 3.63) is 23.8 Å². The maximum atomic E-state index is 12.6. The maximum Gasteiger partial charge on any atom is 0.331 e. The molecule has 38 heavy (non-hydrogen) atoms. The van der Waals surface area contributed by atoms with Gasteiger partial charge in [0, 0.05) is 17.7 Å². The van der Waals surface area contributed by atoms with Gasteiger partial charge in [-0.25, -0.2) is 4.79 Å². The number of rotatable bonds is 21. The predicted molar refractivity (Wildman–Crippen MR) is 157 cm³/mol. The summed E-state index contributed by atoms with van der Waals surface area (Å²) in [5, 5.41) is 0. The van der Waals surface area contributed by atoms with Crippen molar-refractivity contribution < 1.29 is 23.7 Å². The molecule has 216 valence electrons. The van der Waals surface area contributed by atoms with Crippen molar-refractivity contribution in [2.45, 2.75) is 136 Å². The van der Waals surface area contributed by atoms with E-state index in [9.17, 15) is 4.79 Å². The van der Waals surface area contributed by atoms with Crippen molar-refractivity contribution >= 4 is 12.0 Å². The van der Waals surface area contributed by atoms with Crippen LogP contribution in [-0.4, -0.2) is 31.9 Å². The van der Waals surface area contributed by atoms with Crippen molar-refractivity contribution in [2.24, 2.45) is 0 Å². The summed E-state index contributed by atoms with van der Waals surface area (Å²) < 4.78 is 24.4. The van der Waals surface area contributed by atoms with E-state index in [0.29, 0.717) is 31.3 Å². The molecule has 0 spiro atoms. The number of carbonyl (C=O) groups excluding carboxylic acids is 1. The molecule has 0 unspecified atom stereocenters. The van der Waals surface area contributed by atoms with Crippen LogP contribution in [0.4, 0.5) is 0 Å². The van der Waals surface area contributed by atoms with E-state index < -0.39 is 0 Å². The zero-order chi connectivity index (χ0) is 27.3. The Kier molecular flexibility index (Phi) is 17.5. The molecular weight excluding hydrogens is 476 g/mol. The maximum absolute atomic E-state index is 12.6. The predicted octanol–water partition coefficient (Wildman–Crippen LogP) is 9.45. The molecule has 0 radical (unpaired) electrons. The highest BCUT2D eigenvalue weighted by molar-refractivity contribution is 5.88. The van der Waals surface area contributed by atoms with Crippen molar-refractivity contribution in [1.29, 1.82) is 0 Å². The number of esters is 1. The van der Waals surface area contributed by atoms with Crippen LogP contribution in [0.5, 0.6) is 17.2 Å². The van der Waals surface area contributed by atoms with Gasteiger partial charge in [-0.1, -0.05) is 85.0 Å². The second-order valence-corrected chi connectivity index (χ2v) is 10.6. The second-order valence-electron chi connectivity index (χ2n) is 10.6. The summed E-state index contributed by atoms with van der Waals surface area (Å²) in [6, 6.07) is 3.92. The van der Waals surface area contributed by atoms with Gasteiger partial charge >= 0.3 is 5.97 Å². The van der Waals surface area contributed by atoms with E-state index >= 15 is 0 Å². The molecule has 0 aromatic heterocycles. The van der Waals surface area contributed by atoms with Gasteiger partial charge < -0.3 is 18.9 Å². The summed E-state index contributed by atoms with van der Waals surface area (Å²) in [7, 11) is 0. The Balaban J connectivity index is 2.20. The van der Waals surface area contributed by atoms with E-state index in [1.165, 1.54) is 51.0 Å². The topological polar surface area (TPSA) is 54.0 Å². The van der Waals surface area contributed by atoms with Gasteiger partial charge in [-0.15, -0.1) is 0 Å². The summed E-state index contributed by atoms with van der Waals surface area (Å²) in [6.07, 6.45) is 22.5. The van der Waals surface area contributed by atoms with Gasteiger partial charge in [-0.05, 0) is 57.1 Å². The highest BCUT2D eigenvalue weighted by Crippen LogP contribution is 2.38. The Bertz CT molecular complexity index is 782. The minimum absolute atomic E-state index is 0.0370. The fourth-order valence-electron chi connectivity index (χ4n) is 4.74. The monoisotopic (exact) mass is 530 g/mol. The summed E-state index contributed by atoms with van der Waals surface area (Å²) in [5.74, 6) is 1.85. The largest absolute Gasteiger partial charge is 0.493 e. The molecule has 1 aromatic rings. The Morgan fingerprint density at radius 2 is 1.32 bits per heavy atom. The normalized spacial score (nSPS) is 14.1. The first-order valence-electron chi connectivity index (χ1n) is 15.6. The first-order valence-corrected chi connectivity index (χ1v) is 15.6. The first-order chi connectivity index (χ1) is 18.7. The number of hydrogen-bond acceptors (Lipinski definition) is 5. The van der Waals surface area contributed by atoms with E-state index in [-0.39, 0.29) is 12.1 Å². The minimum Gasteiger partial charge on any atom is -0.493 e. The van der Waals surface area contributed by atoms with Gasteiger partial charge in [0.1, 0.15) is 11.9 Å². The molecule has 0 heterocycles. The van der Waals surface area contributed by atoms with Crippen molar-refractivity contribution in [3.63, 3.8) is 0 Å². The van der Waals surface area contributed by atoms with E-state index in [4.69, 9.17) is 18.9 Å². The lowest BCUT2D eigenvalue weighted by Gasteiger charge is -2.21. The molecule has 1 aromatic carbocycles. The molecule has 0 saturated heterocycles. The fourth-order valence-corrected chi connectivity index (χ4v) is 4.74. The Hall–Kier alpha value is -2.17. The summed E-state index contributed by atoms with van der Waals surface area (Å²) in [6.45, 7) is 8.56. The van der Waals surface area contributed by atoms with Crippen molar-refractivity contribution in [3.8, 4) is 17.2 Å². The third-order valence-corrected chi connectivity index (χ3v) is 7.06. The van der Waals surface area contributed by atoms with Gasteiger partial charge in [-0.3, -0.25) is 0 Å². The number of ether oxygens (including phenoxy) is 4. The molecule has 0 aliphatic heterocycles. The van der Waals surface area contributed by atoms with Gasteiger partial charge in [-0.2, -0.15) is 0 Å². The van der Waals surface area contributed by atoms with Crippen LogP contribution in [0.2, 0.25) is 0 Å². The molecule has 2 rings (SSSR count). The molecule has 0 bridgehead atoms. The second kappa shape index (κ2) is 20.7. The molecule has 0 amide bonds. The lowest BCUT2D eigenvalue weighted by atomic mass is 9.98. The highest BCUT2D eigenvalue weighted by atomic mass is 16.5.